The van der Waals surface area contributed by atoms with Crippen LogP contribution >= 0.6 is 22.7 Å². The van der Waals surface area contributed by atoms with Crippen molar-refractivity contribution in [2.45, 2.75) is 26.5 Å². The summed E-state index contributed by atoms with van der Waals surface area (Å²) in [6.45, 7) is 4.40. The summed E-state index contributed by atoms with van der Waals surface area (Å²) >= 11 is 3.25. The van der Waals surface area contributed by atoms with Crippen LogP contribution in [-0.2, 0) is 11.4 Å². The third kappa shape index (κ3) is 5.28. The summed E-state index contributed by atoms with van der Waals surface area (Å²) in [4.78, 5) is 17.6. The number of benzene rings is 1. The molecule has 0 aliphatic carbocycles. The minimum absolute atomic E-state index is 0.00313. The number of nitrogens with zero attached hydrogens (tertiary/aromatic N) is 1. The number of carbonyl (C=O) groups excluding carboxylic acids is 1. The van der Waals surface area contributed by atoms with Crippen molar-refractivity contribution >= 4 is 34.7 Å². The molecule has 1 unspecified atom stereocenters. The average molecular weight is 385 g/mol. The van der Waals surface area contributed by atoms with E-state index < -0.39 is 0 Å². The molecule has 0 fully saturated rings. The van der Waals surface area contributed by atoms with E-state index in [4.69, 9.17) is 4.74 Å². The molecule has 26 heavy (non-hydrogen) atoms. The first-order chi connectivity index (χ1) is 12.6. The minimum Gasteiger partial charge on any atom is -0.487 e. The van der Waals surface area contributed by atoms with Crippen LogP contribution in [0.2, 0.25) is 0 Å². The normalized spacial score (nSPS) is 12.2. The molecule has 0 bridgehead atoms. The van der Waals surface area contributed by atoms with Crippen LogP contribution in [0, 0.1) is 6.92 Å². The van der Waals surface area contributed by atoms with E-state index in [1.807, 2.05) is 61.0 Å². The summed E-state index contributed by atoms with van der Waals surface area (Å²) in [6.07, 6.45) is 3.34. The zero-order valence-electron chi connectivity index (χ0n) is 14.6. The van der Waals surface area contributed by atoms with E-state index in [9.17, 15) is 4.79 Å². The Morgan fingerprint density at radius 3 is 2.92 bits per heavy atom. The van der Waals surface area contributed by atoms with E-state index >= 15 is 0 Å². The molecule has 0 aliphatic heterocycles. The summed E-state index contributed by atoms with van der Waals surface area (Å²) in [5.41, 5.74) is 1.84. The van der Waals surface area contributed by atoms with Crippen molar-refractivity contribution in [3.63, 3.8) is 0 Å². The molecule has 0 saturated carbocycles. The van der Waals surface area contributed by atoms with Crippen molar-refractivity contribution in [1.29, 1.82) is 0 Å². The third-order valence-corrected chi connectivity index (χ3v) is 5.54. The van der Waals surface area contributed by atoms with Crippen LogP contribution in [0.1, 0.15) is 34.1 Å². The highest BCUT2D eigenvalue weighted by Crippen LogP contribution is 2.19. The number of amides is 1. The van der Waals surface area contributed by atoms with Gasteiger partial charge in [-0.25, -0.2) is 4.98 Å². The Bertz CT molecular complexity index is 885. The molecule has 1 amide bonds. The topological polar surface area (TPSA) is 51.2 Å². The highest BCUT2D eigenvalue weighted by molar-refractivity contribution is 7.10. The predicted molar refractivity (Wildman–Crippen MR) is 108 cm³/mol. The molecule has 0 spiro atoms. The van der Waals surface area contributed by atoms with Crippen molar-refractivity contribution < 1.29 is 9.53 Å². The Labute approximate surface area is 161 Å². The smallest absolute Gasteiger partial charge is 0.244 e. The lowest BCUT2D eigenvalue weighted by molar-refractivity contribution is -0.117. The van der Waals surface area contributed by atoms with Gasteiger partial charge in [-0.1, -0.05) is 18.2 Å². The second kappa shape index (κ2) is 8.78. The summed E-state index contributed by atoms with van der Waals surface area (Å²) in [5, 5.41) is 8.00. The molecule has 3 rings (SSSR count). The van der Waals surface area contributed by atoms with Crippen molar-refractivity contribution in [2.75, 3.05) is 0 Å². The average Bonchev–Trinajstić information content (AvgIpc) is 3.30. The van der Waals surface area contributed by atoms with Crippen LogP contribution in [-0.4, -0.2) is 10.9 Å². The molecule has 6 heteroatoms. The second-order valence-electron chi connectivity index (χ2n) is 5.80. The van der Waals surface area contributed by atoms with E-state index in [1.54, 1.807) is 34.8 Å². The van der Waals surface area contributed by atoms with E-state index in [0.29, 0.717) is 6.61 Å². The first kappa shape index (κ1) is 18.4. The number of thiophene rings is 1. The summed E-state index contributed by atoms with van der Waals surface area (Å²) in [7, 11) is 0. The lowest BCUT2D eigenvalue weighted by Crippen LogP contribution is -2.23. The Morgan fingerprint density at radius 1 is 1.31 bits per heavy atom. The van der Waals surface area contributed by atoms with Crippen LogP contribution < -0.4 is 10.1 Å². The lowest BCUT2D eigenvalue weighted by atomic mass is 10.2. The first-order valence-electron chi connectivity index (χ1n) is 8.26. The van der Waals surface area contributed by atoms with Gasteiger partial charge in [0.05, 0.1) is 16.7 Å². The van der Waals surface area contributed by atoms with Crippen molar-refractivity contribution in [1.82, 2.24) is 10.3 Å². The molecule has 1 atom stereocenters. The maximum Gasteiger partial charge on any atom is 0.244 e. The van der Waals surface area contributed by atoms with E-state index in [1.165, 1.54) is 0 Å². The minimum atomic E-state index is -0.116. The van der Waals surface area contributed by atoms with Crippen molar-refractivity contribution in [2.24, 2.45) is 0 Å². The van der Waals surface area contributed by atoms with Gasteiger partial charge in [-0.15, -0.1) is 22.7 Å². The SMILES string of the molecule is Cc1nc(COc2cccc(C=CC(=O)NC(C)c3cccs3)c2)cs1. The van der Waals surface area contributed by atoms with E-state index in [2.05, 4.69) is 10.3 Å². The molecule has 3 aromatic rings. The Hall–Kier alpha value is -2.44. The Morgan fingerprint density at radius 2 is 2.19 bits per heavy atom. The van der Waals surface area contributed by atoms with Gasteiger partial charge in [0.1, 0.15) is 12.4 Å². The molecule has 2 aromatic heterocycles. The molecular formula is C20H20N2O2S2. The number of carbonyl (C=O) groups is 1. The molecule has 1 N–H and O–H groups in total. The largest absolute Gasteiger partial charge is 0.487 e. The third-order valence-electron chi connectivity index (χ3n) is 3.67. The highest BCUT2D eigenvalue weighted by atomic mass is 32.1. The van der Waals surface area contributed by atoms with Gasteiger partial charge in [-0.3, -0.25) is 4.79 Å². The van der Waals surface area contributed by atoms with Gasteiger partial charge in [0.2, 0.25) is 5.91 Å². The first-order valence-corrected chi connectivity index (χ1v) is 10.0. The van der Waals surface area contributed by atoms with Crippen LogP contribution in [0.5, 0.6) is 5.75 Å². The van der Waals surface area contributed by atoms with Gasteiger partial charge >= 0.3 is 0 Å². The lowest BCUT2D eigenvalue weighted by Gasteiger charge is -2.10. The van der Waals surface area contributed by atoms with Gasteiger partial charge in [-0.05, 0) is 49.1 Å². The standard InChI is InChI=1S/C20H20N2O2S2/c1-14(19-7-4-10-25-19)21-20(23)9-8-16-5-3-6-18(11-16)24-12-17-13-26-15(2)22-17/h3-11,13-14H,12H2,1-2H3,(H,21,23). The molecule has 4 nitrogen and oxygen atoms in total. The number of ether oxygens (including phenoxy) is 1. The summed E-state index contributed by atoms with van der Waals surface area (Å²) in [6, 6.07) is 11.7. The maximum absolute atomic E-state index is 12.1. The van der Waals surface area contributed by atoms with Crippen molar-refractivity contribution in [3.05, 3.63) is 74.4 Å². The number of rotatable bonds is 7. The van der Waals surface area contributed by atoms with Gasteiger partial charge in [0.15, 0.2) is 0 Å². The second-order valence-corrected chi connectivity index (χ2v) is 7.84. The van der Waals surface area contributed by atoms with Crippen LogP contribution in [0.4, 0.5) is 0 Å². The molecule has 0 radical (unpaired) electrons. The quantitative estimate of drug-likeness (QED) is 0.584. The van der Waals surface area contributed by atoms with Crippen LogP contribution in [0.25, 0.3) is 6.08 Å². The number of hydrogen-bond donors (Lipinski definition) is 1. The summed E-state index contributed by atoms with van der Waals surface area (Å²) < 4.78 is 5.78. The molecule has 0 aliphatic rings. The Kier molecular flexibility index (Phi) is 6.20. The fraction of sp³-hybridized carbons (Fsp3) is 0.200. The number of thiazole rings is 1. The number of aryl methyl sites for hydroxylation is 1. The molecule has 134 valence electrons. The van der Waals surface area contributed by atoms with Crippen LogP contribution in [0.3, 0.4) is 0 Å². The molecule has 2 heterocycles. The van der Waals surface area contributed by atoms with Gasteiger partial charge < -0.3 is 10.1 Å². The highest BCUT2D eigenvalue weighted by Gasteiger charge is 2.08. The number of nitrogens with one attached hydrogen (secondary N) is 1. The number of hydrogen-bond acceptors (Lipinski definition) is 5. The van der Waals surface area contributed by atoms with Gasteiger partial charge in [0.25, 0.3) is 0 Å². The van der Waals surface area contributed by atoms with Crippen LogP contribution in [0.15, 0.2) is 53.2 Å². The van der Waals surface area contributed by atoms with Gasteiger partial charge in [-0.2, -0.15) is 0 Å². The molecule has 0 saturated heterocycles. The predicted octanol–water partition coefficient (Wildman–Crippen LogP) is 4.98. The van der Waals surface area contributed by atoms with Crippen molar-refractivity contribution in [3.8, 4) is 5.75 Å². The fourth-order valence-electron chi connectivity index (χ4n) is 2.38. The Balaban J connectivity index is 1.55. The number of aromatic nitrogens is 1. The zero-order chi connectivity index (χ0) is 18.4. The maximum atomic E-state index is 12.1. The van der Waals surface area contributed by atoms with E-state index in [-0.39, 0.29) is 11.9 Å². The fourth-order valence-corrected chi connectivity index (χ4v) is 3.71. The van der Waals surface area contributed by atoms with E-state index in [0.717, 1.165) is 26.9 Å². The zero-order valence-corrected chi connectivity index (χ0v) is 16.3. The van der Waals surface area contributed by atoms with Gasteiger partial charge in [0, 0.05) is 16.3 Å². The monoisotopic (exact) mass is 384 g/mol. The summed E-state index contributed by atoms with van der Waals surface area (Å²) in [5.74, 6) is 0.639. The molecular weight excluding hydrogens is 364 g/mol. The molecule has 1 aromatic carbocycles.